The van der Waals surface area contributed by atoms with Gasteiger partial charge < -0.3 is 70.9 Å². The molecule has 1 fully saturated rings. The van der Waals surface area contributed by atoms with Crippen LogP contribution in [-0.4, -0.2) is 183 Å². The lowest BCUT2D eigenvalue weighted by molar-refractivity contribution is -0.137. The van der Waals surface area contributed by atoms with E-state index in [4.69, 9.17) is 24.7 Å². The van der Waals surface area contributed by atoms with E-state index in [9.17, 15) is 47.9 Å². The zero-order valence-electron chi connectivity index (χ0n) is 51.5. The Balaban J connectivity index is 0.744. The Kier molecular flexibility index (Phi) is 25.0. The number of alkyl halides is 1. The van der Waals surface area contributed by atoms with Gasteiger partial charge in [0.1, 0.15) is 36.2 Å². The van der Waals surface area contributed by atoms with Crippen LogP contribution in [0.4, 0.5) is 25.8 Å². The van der Waals surface area contributed by atoms with Crippen molar-refractivity contribution in [1.82, 2.24) is 41.0 Å². The number of urea groups is 1. The van der Waals surface area contributed by atoms with Crippen LogP contribution in [0.25, 0.3) is 21.7 Å². The van der Waals surface area contributed by atoms with Crippen molar-refractivity contribution in [2.75, 3.05) is 108 Å². The van der Waals surface area contributed by atoms with Crippen LogP contribution < -0.4 is 46.7 Å². The molecule has 25 nitrogen and oxygen atoms in total. The average molecular weight is 1320 g/mol. The maximum Gasteiger partial charge on any atom is 0.415 e. The number of fused-ring (bicyclic) bond motifs is 4. The van der Waals surface area contributed by atoms with Crippen LogP contribution in [0.2, 0.25) is 0 Å². The van der Waals surface area contributed by atoms with Crippen molar-refractivity contribution in [3.8, 4) is 11.5 Å². The zero-order valence-corrected chi connectivity index (χ0v) is 53.1. The first-order valence-electron chi connectivity index (χ1n) is 30.7. The molecule has 8 rings (SSSR count). The molecular formula is C65H80BrN11O14. The van der Waals surface area contributed by atoms with Gasteiger partial charge in [0.25, 0.3) is 17.7 Å². The number of piperazine rings is 1. The number of carbonyl (C=O) groups excluding carboxylic acids is 10. The molecule has 3 aliphatic heterocycles. The van der Waals surface area contributed by atoms with E-state index in [1.807, 2.05) is 63.4 Å². The van der Waals surface area contributed by atoms with Gasteiger partial charge in [0.15, 0.2) is 5.78 Å². The first-order chi connectivity index (χ1) is 43.8. The summed E-state index contributed by atoms with van der Waals surface area (Å²) in [5.74, 6) is -2.05. The Hall–Kier alpha value is -8.72. The molecule has 4 heterocycles. The van der Waals surface area contributed by atoms with Crippen LogP contribution in [-0.2, 0) is 44.8 Å². The summed E-state index contributed by atoms with van der Waals surface area (Å²) < 4.78 is 23.0. The number of nitrogens with two attached hydrogens (primary N) is 1. The van der Waals surface area contributed by atoms with E-state index in [0.29, 0.717) is 78.5 Å². The summed E-state index contributed by atoms with van der Waals surface area (Å²) in [4.78, 5) is 137. The minimum Gasteiger partial charge on any atom is -0.492 e. The Labute approximate surface area is 535 Å². The van der Waals surface area contributed by atoms with Crippen LogP contribution in [0.1, 0.15) is 86.3 Å². The van der Waals surface area contributed by atoms with E-state index in [1.54, 1.807) is 46.2 Å². The van der Waals surface area contributed by atoms with Gasteiger partial charge in [-0.1, -0.05) is 66.2 Å². The zero-order chi connectivity index (χ0) is 65.0. The van der Waals surface area contributed by atoms with Crippen LogP contribution in [0.3, 0.4) is 0 Å². The Bertz CT molecular complexity index is 3460. The number of carbonyl (C=O) groups is 10. The molecule has 1 saturated heterocycles. The largest absolute Gasteiger partial charge is 0.492 e. The number of aromatic nitrogens is 1. The topological polar surface area (TPSA) is 323 Å². The second kappa shape index (κ2) is 33.4. The number of rotatable bonds is 33. The summed E-state index contributed by atoms with van der Waals surface area (Å²) in [5.41, 5.74) is 9.15. The van der Waals surface area contributed by atoms with Crippen molar-refractivity contribution in [2.24, 2.45) is 17.6 Å². The number of aromatic amines is 1. The fourth-order valence-electron chi connectivity index (χ4n) is 11.0. The summed E-state index contributed by atoms with van der Waals surface area (Å²) in [6.07, 6.45) is 2.64. The minimum absolute atomic E-state index is 0.00925. The number of anilines is 2. The molecule has 0 saturated carbocycles. The fraction of sp³-hybridized carbons (Fsp3) is 0.446. The number of ketones is 2. The van der Waals surface area contributed by atoms with E-state index in [-0.39, 0.29) is 120 Å². The van der Waals surface area contributed by atoms with Gasteiger partial charge >= 0.3 is 18.2 Å². The number of likely N-dealkylation sites (N-methyl/N-ethyl adjacent to an activating group) is 1. The maximum absolute atomic E-state index is 14.4. The number of benzene rings is 4. The van der Waals surface area contributed by atoms with Crippen LogP contribution in [0, 0.1) is 11.8 Å². The molecule has 9 amide bonds. The second-order valence-corrected chi connectivity index (χ2v) is 23.6. The number of hydrogen-bond donors (Lipinski definition) is 7. The molecule has 4 aromatic carbocycles. The summed E-state index contributed by atoms with van der Waals surface area (Å²) in [5, 5.41) is 17.1. The molecule has 0 aliphatic carbocycles. The van der Waals surface area contributed by atoms with Crippen molar-refractivity contribution in [3.63, 3.8) is 0 Å². The van der Waals surface area contributed by atoms with Crippen LogP contribution in [0.5, 0.6) is 11.5 Å². The third-order valence-corrected chi connectivity index (χ3v) is 16.8. The normalized spacial score (nSPS) is 15.4. The van der Waals surface area contributed by atoms with Crippen molar-refractivity contribution in [3.05, 3.63) is 108 Å². The first kappa shape index (κ1) is 68.2. The summed E-state index contributed by atoms with van der Waals surface area (Å²) in [6, 6.07) is 22.2. The second-order valence-electron chi connectivity index (χ2n) is 23.0. The number of primary amides is 1. The molecule has 0 bridgehead atoms. The van der Waals surface area contributed by atoms with Gasteiger partial charge in [0.05, 0.1) is 31.5 Å². The molecule has 5 aromatic rings. The van der Waals surface area contributed by atoms with Crippen molar-refractivity contribution < 1.29 is 66.9 Å². The summed E-state index contributed by atoms with van der Waals surface area (Å²) in [7, 11) is 2.02. The molecule has 0 spiro atoms. The predicted octanol–water partition coefficient (Wildman–Crippen LogP) is 6.28. The SMILES string of the molecule is CC(C)[C@H](NCCCC(=O)CCOCCNC(=O)CCN1C(=O)C=CC1=O)C(=O)C[C@@H](CCCNC(N)=O)C(=O)Nc1ccc(COC(=O)NCCOc2ccc3[nH]c(C(=O)N4C[C@@H](CBr)c5c4cc(OC(=O)N4CCN(C)CC4)c4ccccc54)cc3c2)cc1. The number of nitrogens with one attached hydrogen (secondary N) is 6. The lowest BCUT2D eigenvalue weighted by Crippen LogP contribution is -2.48. The molecule has 91 heavy (non-hydrogen) atoms. The van der Waals surface area contributed by atoms with Gasteiger partial charge in [-0.3, -0.25) is 38.5 Å². The highest BCUT2D eigenvalue weighted by Gasteiger charge is 2.37. The number of H-pyrrole nitrogens is 1. The van der Waals surface area contributed by atoms with E-state index >= 15 is 0 Å². The third kappa shape index (κ3) is 19.4. The predicted molar refractivity (Wildman–Crippen MR) is 344 cm³/mol. The molecule has 26 heteroatoms. The molecule has 3 aliphatic rings. The molecule has 8 N–H and O–H groups in total. The highest BCUT2D eigenvalue weighted by molar-refractivity contribution is 9.09. The van der Waals surface area contributed by atoms with Crippen LogP contribution >= 0.6 is 15.9 Å². The average Bonchev–Trinajstić information content (AvgIpc) is 1.63. The van der Waals surface area contributed by atoms with Crippen molar-refractivity contribution in [1.29, 1.82) is 0 Å². The van der Waals surface area contributed by atoms with E-state index < -0.39 is 47.9 Å². The summed E-state index contributed by atoms with van der Waals surface area (Å²) in [6.45, 7) is 8.12. The summed E-state index contributed by atoms with van der Waals surface area (Å²) >= 11 is 3.69. The van der Waals surface area contributed by atoms with E-state index in [0.717, 1.165) is 57.4 Å². The van der Waals surface area contributed by atoms with Crippen LogP contribution in [0.15, 0.2) is 91.0 Å². The van der Waals surface area contributed by atoms with Gasteiger partial charge in [0.2, 0.25) is 11.8 Å². The standard InChI is InChI=1S/C65H80BrN11O14/c1-41(2)60(69-22-7-9-47(78)21-31-88-32-24-68-56(80)20-26-76-57(81)18-19-58(76)82)54(79)36-43(8-6-23-70-63(67)85)61(83)72-46-14-12-42(13-15-46)40-90-64(86)71-25-33-89-48-16-17-51-44(34-48)35-52(73-51)62(84)77-39-45(38-66)59-50-11-5-4-10-49(50)55(37-53(59)77)91-65(87)75-29-27-74(3)28-30-75/h4-5,10-19,34-35,37,41,43,45,60,69,73H,6-9,20-33,36,38-40H2,1-3H3,(H,68,80)(H,71,86)(H,72,83)(H3,67,70,85)/t43-,45-,60+/m1/s1. The molecular weight excluding hydrogens is 1240 g/mol. The number of ether oxygens (including phenoxy) is 4. The number of imide groups is 1. The number of Topliss-reactive ketones (excluding diaryl/α,β-unsaturated/α-hetero) is 2. The highest BCUT2D eigenvalue weighted by Crippen LogP contribution is 2.46. The Morgan fingerprint density at radius 2 is 1.52 bits per heavy atom. The van der Waals surface area contributed by atoms with Gasteiger partial charge in [-0.25, -0.2) is 14.4 Å². The molecule has 1 aromatic heterocycles. The number of alkyl carbamates (subject to hydrolysis) is 1. The minimum atomic E-state index is -0.752. The third-order valence-electron chi connectivity index (χ3n) is 16.0. The highest BCUT2D eigenvalue weighted by atomic mass is 79.9. The number of amides is 9. The first-order valence-corrected chi connectivity index (χ1v) is 31.8. The fourth-order valence-corrected chi connectivity index (χ4v) is 11.6. The van der Waals surface area contributed by atoms with Gasteiger partial charge in [-0.15, -0.1) is 0 Å². The quantitative estimate of drug-likeness (QED) is 0.0138. The number of hydrogen-bond acceptors (Lipinski definition) is 16. The molecule has 0 unspecified atom stereocenters. The molecule has 486 valence electrons. The number of nitrogens with zero attached hydrogens (tertiary/aromatic N) is 4. The lowest BCUT2D eigenvalue weighted by atomic mass is 9.89. The maximum atomic E-state index is 14.4. The van der Waals surface area contributed by atoms with Crippen molar-refractivity contribution in [2.45, 2.75) is 77.4 Å². The smallest absolute Gasteiger partial charge is 0.415 e. The van der Waals surface area contributed by atoms with Gasteiger partial charge in [-0.2, -0.15) is 0 Å². The van der Waals surface area contributed by atoms with Gasteiger partial charge in [-0.05, 0) is 91.7 Å². The van der Waals surface area contributed by atoms with Crippen molar-refractivity contribution >= 4 is 108 Å². The Morgan fingerprint density at radius 3 is 2.24 bits per heavy atom. The molecule has 0 radical (unpaired) electrons. The van der Waals surface area contributed by atoms with E-state index in [1.165, 1.54) is 0 Å². The van der Waals surface area contributed by atoms with Gasteiger partial charge in [0, 0.05) is 135 Å². The van der Waals surface area contributed by atoms with E-state index in [2.05, 4.69) is 52.4 Å². The monoisotopic (exact) mass is 1320 g/mol. The lowest BCUT2D eigenvalue weighted by Gasteiger charge is -2.31. The molecule has 3 atom stereocenters. The Morgan fingerprint density at radius 1 is 0.780 bits per heavy atom. The number of halogens is 1.